The molecule has 0 amide bonds. The van der Waals surface area contributed by atoms with Gasteiger partial charge in [0.1, 0.15) is 5.82 Å². The Morgan fingerprint density at radius 1 is 0.947 bits per heavy atom. The van der Waals surface area contributed by atoms with E-state index in [4.69, 9.17) is 0 Å². The molecule has 0 saturated heterocycles. The van der Waals surface area contributed by atoms with Crippen LogP contribution in [0.1, 0.15) is 17.0 Å². The summed E-state index contributed by atoms with van der Waals surface area (Å²) in [6, 6.07) is 14.9. The maximum atomic E-state index is 13.0. The molecule has 0 aliphatic rings. The quantitative estimate of drug-likeness (QED) is 0.740. The predicted molar refractivity (Wildman–Crippen MR) is 79.2 cm³/mol. The maximum Gasteiger partial charge on any atom is 0.123 e. The van der Waals surface area contributed by atoms with Crippen LogP contribution in [0.3, 0.4) is 0 Å². The van der Waals surface area contributed by atoms with E-state index in [-0.39, 0.29) is 11.7 Å². The molecule has 1 nitrogen and oxygen atoms in total. The van der Waals surface area contributed by atoms with Crippen LogP contribution in [0.4, 0.5) is 10.1 Å². The molecular formula is C17H18FN. The van der Waals surface area contributed by atoms with Gasteiger partial charge in [0.05, 0.1) is 0 Å². The van der Waals surface area contributed by atoms with Gasteiger partial charge in [0.25, 0.3) is 0 Å². The third kappa shape index (κ3) is 3.02. The van der Waals surface area contributed by atoms with Gasteiger partial charge in [-0.3, -0.25) is 0 Å². The highest BCUT2D eigenvalue weighted by molar-refractivity contribution is 5.48. The number of anilines is 1. The number of hydrogen-bond donors (Lipinski definition) is 0. The molecule has 2 rings (SSSR count). The Hall–Kier alpha value is -2.09. The molecule has 98 valence electrons. The van der Waals surface area contributed by atoms with Crippen LogP contribution in [-0.2, 0) is 0 Å². The van der Waals surface area contributed by atoms with Gasteiger partial charge in [-0.05, 0) is 35.4 Å². The topological polar surface area (TPSA) is 3.24 Å². The predicted octanol–water partition coefficient (Wildman–Crippen LogP) is 4.21. The zero-order valence-corrected chi connectivity index (χ0v) is 11.3. The highest BCUT2D eigenvalue weighted by atomic mass is 19.1. The molecule has 1 atom stereocenters. The first-order chi connectivity index (χ1) is 9.11. The third-order valence-electron chi connectivity index (χ3n) is 3.23. The van der Waals surface area contributed by atoms with E-state index in [0.29, 0.717) is 0 Å². The lowest BCUT2D eigenvalue weighted by Crippen LogP contribution is -2.08. The Morgan fingerprint density at radius 2 is 1.42 bits per heavy atom. The summed E-state index contributed by atoms with van der Waals surface area (Å²) in [6.07, 6.45) is 1.89. The molecule has 0 unspecified atom stereocenters. The second kappa shape index (κ2) is 5.70. The Bertz CT molecular complexity index is 540. The van der Waals surface area contributed by atoms with Gasteiger partial charge in [-0.2, -0.15) is 0 Å². The molecule has 2 aromatic rings. The van der Waals surface area contributed by atoms with Crippen molar-refractivity contribution in [3.05, 3.63) is 78.1 Å². The second-order valence-electron chi connectivity index (χ2n) is 4.75. The molecule has 0 aliphatic heterocycles. The number of allylic oxidation sites excluding steroid dienone is 1. The van der Waals surface area contributed by atoms with Crippen molar-refractivity contribution in [3.63, 3.8) is 0 Å². The molecule has 2 heteroatoms. The zero-order valence-electron chi connectivity index (χ0n) is 11.3. The second-order valence-corrected chi connectivity index (χ2v) is 4.75. The highest BCUT2D eigenvalue weighted by Crippen LogP contribution is 2.27. The van der Waals surface area contributed by atoms with E-state index in [9.17, 15) is 4.39 Å². The van der Waals surface area contributed by atoms with Gasteiger partial charge in [-0.25, -0.2) is 4.39 Å². The van der Waals surface area contributed by atoms with Crippen molar-refractivity contribution in [1.29, 1.82) is 0 Å². The van der Waals surface area contributed by atoms with Gasteiger partial charge in [0.2, 0.25) is 0 Å². The van der Waals surface area contributed by atoms with E-state index in [1.165, 1.54) is 12.1 Å². The molecule has 0 heterocycles. The first-order valence-corrected chi connectivity index (χ1v) is 6.27. The average Bonchev–Trinajstić information content (AvgIpc) is 2.42. The largest absolute Gasteiger partial charge is 0.378 e. The van der Waals surface area contributed by atoms with E-state index in [1.54, 1.807) is 0 Å². The van der Waals surface area contributed by atoms with Gasteiger partial charge in [-0.1, -0.05) is 30.3 Å². The summed E-state index contributed by atoms with van der Waals surface area (Å²) in [5, 5.41) is 0. The number of benzene rings is 2. The van der Waals surface area contributed by atoms with Crippen molar-refractivity contribution in [3.8, 4) is 0 Å². The molecule has 0 bridgehead atoms. The Labute approximate surface area is 114 Å². The number of halogens is 1. The smallest absolute Gasteiger partial charge is 0.123 e. The molecule has 0 N–H and O–H groups in total. The zero-order chi connectivity index (χ0) is 13.8. The standard InChI is InChI=1S/C17H18FN/c1-4-17(13-5-9-15(18)10-6-13)14-7-11-16(12-8-14)19(2)3/h4-12,17H,1H2,2-3H3/t17-/m0/s1. The Morgan fingerprint density at radius 3 is 1.84 bits per heavy atom. The highest BCUT2D eigenvalue weighted by Gasteiger charge is 2.10. The summed E-state index contributed by atoms with van der Waals surface area (Å²) in [5.74, 6) is -0.119. The Balaban J connectivity index is 2.31. The van der Waals surface area contributed by atoms with E-state index in [0.717, 1.165) is 16.8 Å². The van der Waals surface area contributed by atoms with Crippen LogP contribution >= 0.6 is 0 Å². The van der Waals surface area contributed by atoms with Crippen LogP contribution in [0.5, 0.6) is 0 Å². The van der Waals surface area contributed by atoms with Crippen molar-refractivity contribution < 1.29 is 4.39 Å². The molecule has 0 saturated carbocycles. The van der Waals surface area contributed by atoms with Gasteiger partial charge in [0.15, 0.2) is 0 Å². The van der Waals surface area contributed by atoms with Gasteiger partial charge >= 0.3 is 0 Å². The fraction of sp³-hybridized carbons (Fsp3) is 0.176. The maximum absolute atomic E-state index is 13.0. The fourth-order valence-electron chi connectivity index (χ4n) is 2.11. The summed E-state index contributed by atoms with van der Waals surface area (Å²) in [6.45, 7) is 3.89. The van der Waals surface area contributed by atoms with E-state index < -0.39 is 0 Å². The van der Waals surface area contributed by atoms with E-state index >= 15 is 0 Å². The van der Waals surface area contributed by atoms with Gasteiger partial charge < -0.3 is 4.90 Å². The first kappa shape index (κ1) is 13.3. The SMILES string of the molecule is C=C[C@@H](c1ccc(F)cc1)c1ccc(N(C)C)cc1. The minimum absolute atomic E-state index is 0.0943. The van der Waals surface area contributed by atoms with Gasteiger partial charge in [0, 0.05) is 25.7 Å². The van der Waals surface area contributed by atoms with Crippen molar-refractivity contribution in [1.82, 2.24) is 0 Å². The van der Waals surface area contributed by atoms with Crippen LogP contribution in [0, 0.1) is 5.82 Å². The van der Waals surface area contributed by atoms with Crippen molar-refractivity contribution in [2.45, 2.75) is 5.92 Å². The van der Waals surface area contributed by atoms with Crippen molar-refractivity contribution in [2.75, 3.05) is 19.0 Å². The minimum atomic E-state index is -0.213. The summed E-state index contributed by atoms with van der Waals surface area (Å²) in [7, 11) is 4.03. The molecule has 0 aliphatic carbocycles. The molecule has 0 fully saturated rings. The average molecular weight is 255 g/mol. The number of hydrogen-bond acceptors (Lipinski definition) is 1. The van der Waals surface area contributed by atoms with Gasteiger partial charge in [-0.15, -0.1) is 6.58 Å². The molecule has 0 radical (unpaired) electrons. The third-order valence-corrected chi connectivity index (χ3v) is 3.23. The lowest BCUT2D eigenvalue weighted by atomic mass is 9.91. The number of rotatable bonds is 4. The van der Waals surface area contributed by atoms with Crippen molar-refractivity contribution >= 4 is 5.69 Å². The molecular weight excluding hydrogens is 237 g/mol. The van der Waals surface area contributed by atoms with Crippen LogP contribution in [0.2, 0.25) is 0 Å². The lowest BCUT2D eigenvalue weighted by Gasteiger charge is -2.16. The molecule has 0 aromatic heterocycles. The number of nitrogens with zero attached hydrogens (tertiary/aromatic N) is 1. The summed E-state index contributed by atoms with van der Waals surface area (Å²) in [5.41, 5.74) is 3.37. The van der Waals surface area contributed by atoms with Crippen LogP contribution in [0.15, 0.2) is 61.2 Å². The first-order valence-electron chi connectivity index (χ1n) is 6.27. The normalized spacial score (nSPS) is 11.9. The molecule has 0 spiro atoms. The summed E-state index contributed by atoms with van der Waals surface area (Å²) in [4.78, 5) is 2.06. The minimum Gasteiger partial charge on any atom is -0.378 e. The Kier molecular flexibility index (Phi) is 4.00. The monoisotopic (exact) mass is 255 g/mol. The van der Waals surface area contributed by atoms with E-state index in [1.807, 2.05) is 32.3 Å². The molecule has 19 heavy (non-hydrogen) atoms. The van der Waals surface area contributed by atoms with Crippen molar-refractivity contribution in [2.24, 2.45) is 0 Å². The summed E-state index contributed by atoms with van der Waals surface area (Å²) >= 11 is 0. The fourth-order valence-corrected chi connectivity index (χ4v) is 2.11. The summed E-state index contributed by atoms with van der Waals surface area (Å²) < 4.78 is 13.0. The van der Waals surface area contributed by atoms with Crippen LogP contribution in [-0.4, -0.2) is 14.1 Å². The molecule has 2 aromatic carbocycles. The van der Waals surface area contributed by atoms with Crippen LogP contribution in [0.25, 0.3) is 0 Å². The van der Waals surface area contributed by atoms with Crippen LogP contribution < -0.4 is 4.90 Å². The lowest BCUT2D eigenvalue weighted by molar-refractivity contribution is 0.627. The van der Waals surface area contributed by atoms with E-state index in [2.05, 4.69) is 35.7 Å².